The van der Waals surface area contributed by atoms with Gasteiger partial charge in [-0.1, -0.05) is 12.1 Å². The summed E-state index contributed by atoms with van der Waals surface area (Å²) in [5.41, 5.74) is 1.75. The number of hydrogen-bond acceptors (Lipinski definition) is 1. The molecule has 1 aromatic carbocycles. The molecule has 0 radical (unpaired) electrons. The first-order valence-corrected chi connectivity index (χ1v) is 4.73. The molecule has 0 aliphatic carbocycles. The first kappa shape index (κ1) is 9.58. The monoisotopic (exact) mass is 203 g/mol. The molecular formula is C11H13N3O. The third-order valence-corrected chi connectivity index (χ3v) is 2.24. The number of benzene rings is 1. The average molecular weight is 203 g/mol. The summed E-state index contributed by atoms with van der Waals surface area (Å²) in [5.74, 6) is 0. The second-order valence-electron chi connectivity index (χ2n) is 3.57. The predicted octanol–water partition coefficient (Wildman–Crippen LogP) is 2.26. The molecule has 4 nitrogen and oxygen atoms in total. The van der Waals surface area contributed by atoms with Gasteiger partial charge in [0.25, 0.3) is 0 Å². The molecule has 2 aromatic rings. The van der Waals surface area contributed by atoms with Gasteiger partial charge in [-0.3, -0.25) is 0 Å². The molecule has 0 aliphatic heterocycles. The Morgan fingerprint density at radius 2 is 2.13 bits per heavy atom. The summed E-state index contributed by atoms with van der Waals surface area (Å²) in [6, 6.07) is 7.64. The molecule has 78 valence electrons. The standard InChI is InChI=1S/C11H13N3O/c1-14(2)11(15)13-9-5-3-4-8-6-7-12-10(8)9/h3-7,12H,1-2H3,(H,13,15). The maximum absolute atomic E-state index is 11.5. The first-order valence-electron chi connectivity index (χ1n) is 4.73. The molecule has 4 heteroatoms. The van der Waals surface area contributed by atoms with Crippen LogP contribution in [0.5, 0.6) is 0 Å². The Morgan fingerprint density at radius 1 is 1.33 bits per heavy atom. The van der Waals surface area contributed by atoms with Crippen LogP contribution in [0.1, 0.15) is 0 Å². The van der Waals surface area contributed by atoms with Crippen LogP contribution >= 0.6 is 0 Å². The van der Waals surface area contributed by atoms with Crippen LogP contribution in [0, 0.1) is 0 Å². The zero-order valence-electron chi connectivity index (χ0n) is 8.74. The average Bonchev–Trinajstić information content (AvgIpc) is 2.66. The number of carbonyl (C=O) groups is 1. The Bertz CT molecular complexity index is 487. The van der Waals surface area contributed by atoms with Gasteiger partial charge in [-0.15, -0.1) is 0 Å². The minimum Gasteiger partial charge on any atom is -0.359 e. The number of urea groups is 1. The summed E-state index contributed by atoms with van der Waals surface area (Å²) in [6.07, 6.45) is 1.86. The molecule has 0 unspecified atom stereocenters. The quantitative estimate of drug-likeness (QED) is 0.733. The summed E-state index contributed by atoms with van der Waals surface area (Å²) >= 11 is 0. The second kappa shape index (κ2) is 3.65. The van der Waals surface area contributed by atoms with Crippen molar-refractivity contribution in [2.24, 2.45) is 0 Å². The lowest BCUT2D eigenvalue weighted by Crippen LogP contribution is -2.27. The predicted molar refractivity (Wildman–Crippen MR) is 61.0 cm³/mol. The van der Waals surface area contributed by atoms with Gasteiger partial charge in [0.2, 0.25) is 0 Å². The number of hydrogen-bond donors (Lipinski definition) is 2. The Kier molecular flexibility index (Phi) is 2.33. The number of rotatable bonds is 1. The van der Waals surface area contributed by atoms with E-state index in [1.807, 2.05) is 30.5 Å². The van der Waals surface area contributed by atoms with E-state index >= 15 is 0 Å². The fourth-order valence-corrected chi connectivity index (χ4v) is 1.42. The van der Waals surface area contributed by atoms with Crippen LogP contribution in [0.15, 0.2) is 30.5 Å². The van der Waals surface area contributed by atoms with Crippen molar-refractivity contribution in [1.29, 1.82) is 0 Å². The van der Waals surface area contributed by atoms with Crippen LogP contribution in [0.3, 0.4) is 0 Å². The van der Waals surface area contributed by atoms with Crippen LogP contribution in [-0.2, 0) is 0 Å². The first-order chi connectivity index (χ1) is 7.18. The number of nitrogens with zero attached hydrogens (tertiary/aromatic N) is 1. The second-order valence-corrected chi connectivity index (χ2v) is 3.57. The van der Waals surface area contributed by atoms with Crippen molar-refractivity contribution in [3.05, 3.63) is 30.5 Å². The van der Waals surface area contributed by atoms with E-state index in [4.69, 9.17) is 0 Å². The lowest BCUT2D eigenvalue weighted by Gasteiger charge is -2.12. The van der Waals surface area contributed by atoms with E-state index < -0.39 is 0 Å². The Hall–Kier alpha value is -1.97. The number of aromatic nitrogens is 1. The van der Waals surface area contributed by atoms with E-state index in [1.165, 1.54) is 4.90 Å². The smallest absolute Gasteiger partial charge is 0.321 e. The van der Waals surface area contributed by atoms with E-state index in [2.05, 4.69) is 10.3 Å². The van der Waals surface area contributed by atoms with Crippen LogP contribution in [0.2, 0.25) is 0 Å². The lowest BCUT2D eigenvalue weighted by molar-refractivity contribution is 0.231. The molecule has 15 heavy (non-hydrogen) atoms. The molecule has 0 saturated carbocycles. The third-order valence-electron chi connectivity index (χ3n) is 2.24. The number of anilines is 1. The maximum Gasteiger partial charge on any atom is 0.321 e. The van der Waals surface area contributed by atoms with E-state index in [0.717, 1.165) is 16.6 Å². The molecule has 0 atom stereocenters. The highest BCUT2D eigenvalue weighted by molar-refractivity contribution is 5.99. The van der Waals surface area contributed by atoms with E-state index in [9.17, 15) is 4.79 Å². The summed E-state index contributed by atoms with van der Waals surface area (Å²) < 4.78 is 0. The van der Waals surface area contributed by atoms with E-state index in [-0.39, 0.29) is 6.03 Å². The molecular weight excluding hydrogens is 190 g/mol. The van der Waals surface area contributed by atoms with Crippen molar-refractivity contribution in [2.75, 3.05) is 19.4 Å². The van der Waals surface area contributed by atoms with Crippen molar-refractivity contribution in [1.82, 2.24) is 9.88 Å². The maximum atomic E-state index is 11.5. The highest BCUT2D eigenvalue weighted by Crippen LogP contribution is 2.21. The normalized spacial score (nSPS) is 10.3. The van der Waals surface area contributed by atoms with Gasteiger partial charge < -0.3 is 15.2 Å². The highest BCUT2D eigenvalue weighted by Gasteiger charge is 2.06. The van der Waals surface area contributed by atoms with Crippen LogP contribution in [-0.4, -0.2) is 30.0 Å². The largest absolute Gasteiger partial charge is 0.359 e. The molecule has 0 bridgehead atoms. The number of aromatic amines is 1. The summed E-state index contributed by atoms with van der Waals surface area (Å²) in [4.78, 5) is 16.1. The summed E-state index contributed by atoms with van der Waals surface area (Å²) in [6.45, 7) is 0. The van der Waals surface area contributed by atoms with Crippen molar-refractivity contribution in [3.8, 4) is 0 Å². The summed E-state index contributed by atoms with van der Waals surface area (Å²) in [5, 5.41) is 3.92. The lowest BCUT2D eigenvalue weighted by atomic mass is 10.2. The number of fused-ring (bicyclic) bond motifs is 1. The highest BCUT2D eigenvalue weighted by atomic mass is 16.2. The fourth-order valence-electron chi connectivity index (χ4n) is 1.42. The van der Waals surface area contributed by atoms with Crippen LogP contribution in [0.4, 0.5) is 10.5 Å². The molecule has 0 fully saturated rings. The summed E-state index contributed by atoms with van der Waals surface area (Å²) in [7, 11) is 3.42. The topological polar surface area (TPSA) is 48.1 Å². The molecule has 1 aromatic heterocycles. The Morgan fingerprint density at radius 3 is 2.87 bits per heavy atom. The van der Waals surface area contributed by atoms with Gasteiger partial charge in [0, 0.05) is 25.7 Å². The van der Waals surface area contributed by atoms with Crippen molar-refractivity contribution >= 4 is 22.6 Å². The Labute approximate surface area is 87.9 Å². The number of H-pyrrole nitrogens is 1. The van der Waals surface area contributed by atoms with Crippen LogP contribution in [0.25, 0.3) is 10.9 Å². The van der Waals surface area contributed by atoms with Gasteiger partial charge in [0.05, 0.1) is 11.2 Å². The van der Waals surface area contributed by atoms with Gasteiger partial charge in [0.15, 0.2) is 0 Å². The third kappa shape index (κ3) is 1.79. The number of amides is 2. The Balaban J connectivity index is 2.35. The molecule has 2 N–H and O–H groups in total. The van der Waals surface area contributed by atoms with Gasteiger partial charge in [-0.05, 0) is 12.1 Å². The molecule has 0 spiro atoms. The number of carbonyl (C=O) groups excluding carboxylic acids is 1. The van der Waals surface area contributed by atoms with Gasteiger partial charge in [-0.2, -0.15) is 0 Å². The minimum atomic E-state index is -0.128. The molecule has 2 rings (SSSR count). The zero-order chi connectivity index (χ0) is 10.8. The molecule has 1 heterocycles. The van der Waals surface area contributed by atoms with Gasteiger partial charge in [0.1, 0.15) is 0 Å². The van der Waals surface area contributed by atoms with Crippen molar-refractivity contribution in [2.45, 2.75) is 0 Å². The zero-order valence-corrected chi connectivity index (χ0v) is 8.74. The minimum absolute atomic E-state index is 0.128. The van der Waals surface area contributed by atoms with E-state index in [1.54, 1.807) is 14.1 Å². The molecule has 0 aliphatic rings. The van der Waals surface area contributed by atoms with Crippen molar-refractivity contribution < 1.29 is 4.79 Å². The van der Waals surface area contributed by atoms with Crippen LogP contribution < -0.4 is 5.32 Å². The number of nitrogens with one attached hydrogen (secondary N) is 2. The SMILES string of the molecule is CN(C)C(=O)Nc1cccc2cc[nH]c12. The molecule has 2 amide bonds. The number of para-hydroxylation sites is 1. The fraction of sp³-hybridized carbons (Fsp3) is 0.182. The van der Waals surface area contributed by atoms with Crippen molar-refractivity contribution in [3.63, 3.8) is 0 Å². The molecule has 0 saturated heterocycles. The van der Waals surface area contributed by atoms with E-state index in [0.29, 0.717) is 0 Å². The van der Waals surface area contributed by atoms with Gasteiger partial charge in [-0.25, -0.2) is 4.79 Å². The van der Waals surface area contributed by atoms with Gasteiger partial charge >= 0.3 is 6.03 Å².